The van der Waals surface area contributed by atoms with Crippen LogP contribution in [0.3, 0.4) is 0 Å². The number of rotatable bonds is 6. The summed E-state index contributed by atoms with van der Waals surface area (Å²) >= 11 is 12.0. The lowest BCUT2D eigenvalue weighted by atomic mass is 10.0. The van der Waals surface area contributed by atoms with E-state index in [2.05, 4.69) is 9.68 Å². The third-order valence-corrected chi connectivity index (χ3v) is 4.70. The number of carbonyl (C=O) groups is 1. The highest BCUT2D eigenvalue weighted by Crippen LogP contribution is 2.43. The van der Waals surface area contributed by atoms with E-state index in [1.165, 1.54) is 24.3 Å². The topological polar surface area (TPSA) is 72.6 Å². The predicted octanol–water partition coefficient (Wildman–Crippen LogP) is 6.31. The van der Waals surface area contributed by atoms with E-state index < -0.39 is 24.0 Å². The van der Waals surface area contributed by atoms with Crippen molar-refractivity contribution in [1.29, 1.82) is 0 Å². The molecule has 0 radical (unpaired) electrons. The zero-order valence-electron chi connectivity index (χ0n) is 14.9. The minimum atomic E-state index is -4.75. The smallest absolute Gasteiger partial charge is 0.453 e. The fourth-order valence-corrected chi connectivity index (χ4v) is 3.32. The van der Waals surface area contributed by atoms with Crippen molar-refractivity contribution in [2.24, 2.45) is 0 Å². The van der Waals surface area contributed by atoms with Crippen molar-refractivity contribution < 1.29 is 32.3 Å². The number of halogens is 5. The average Bonchev–Trinajstić information content (AvgIpc) is 3.06. The van der Waals surface area contributed by atoms with Crippen LogP contribution in [0.25, 0.3) is 10.9 Å². The van der Waals surface area contributed by atoms with Gasteiger partial charge in [0, 0.05) is 16.1 Å². The van der Waals surface area contributed by atoms with E-state index in [1.807, 2.05) is 0 Å². The zero-order chi connectivity index (χ0) is 21.3. The number of nitrogens with zero attached hydrogens (tertiary/aromatic N) is 1. The van der Waals surface area contributed by atoms with Crippen LogP contribution >= 0.6 is 23.2 Å². The van der Waals surface area contributed by atoms with Crippen LogP contribution in [0, 0.1) is 0 Å². The number of ether oxygens (including phenoxy) is 1. The number of fused-ring (bicyclic) bond motifs is 1. The molecular formula is C19H14Cl2F3NO4. The first kappa shape index (κ1) is 21.3. The molecule has 0 amide bonds. The van der Waals surface area contributed by atoms with Crippen molar-refractivity contribution in [3.05, 3.63) is 57.3 Å². The van der Waals surface area contributed by atoms with Gasteiger partial charge in [-0.05, 0) is 24.6 Å². The molecule has 0 aliphatic heterocycles. The fraction of sp³-hybridized carbons (Fsp3) is 0.263. The van der Waals surface area contributed by atoms with Gasteiger partial charge in [-0.25, -0.2) is 4.79 Å². The number of carboxylic acids is 1. The minimum absolute atomic E-state index is 0.0506. The molecule has 1 unspecified atom stereocenters. The van der Waals surface area contributed by atoms with Crippen LogP contribution < -0.4 is 4.74 Å². The molecule has 0 aliphatic carbocycles. The summed E-state index contributed by atoms with van der Waals surface area (Å²) < 4.78 is 49.7. The number of alkyl halides is 3. The van der Waals surface area contributed by atoms with Gasteiger partial charge < -0.3 is 14.4 Å². The Kier molecular flexibility index (Phi) is 5.95. The Morgan fingerprint density at radius 1 is 1.28 bits per heavy atom. The van der Waals surface area contributed by atoms with Gasteiger partial charge in [0.25, 0.3) is 0 Å². The van der Waals surface area contributed by atoms with Crippen LogP contribution in [0.5, 0.6) is 5.75 Å². The van der Waals surface area contributed by atoms with Crippen molar-refractivity contribution >= 4 is 40.1 Å². The summed E-state index contributed by atoms with van der Waals surface area (Å²) in [4.78, 5) is 11.8. The number of aromatic nitrogens is 1. The van der Waals surface area contributed by atoms with Gasteiger partial charge in [-0.1, -0.05) is 53.8 Å². The molecule has 0 aliphatic rings. The first-order valence-corrected chi connectivity index (χ1v) is 9.22. The Morgan fingerprint density at radius 3 is 2.48 bits per heavy atom. The Hall–Kier alpha value is -2.45. The first-order chi connectivity index (χ1) is 13.6. The number of hydrogen-bond acceptors (Lipinski definition) is 4. The van der Waals surface area contributed by atoms with Gasteiger partial charge in [0.15, 0.2) is 0 Å². The third kappa shape index (κ3) is 4.28. The normalized spacial score (nSPS) is 12.9. The lowest BCUT2D eigenvalue weighted by molar-refractivity contribution is -0.154. The lowest BCUT2D eigenvalue weighted by Crippen LogP contribution is -2.19. The Balaban J connectivity index is 2.14. The summed E-state index contributed by atoms with van der Waals surface area (Å²) in [5.41, 5.74) is 0.463. The van der Waals surface area contributed by atoms with Crippen LogP contribution in [0.1, 0.15) is 36.3 Å². The van der Waals surface area contributed by atoms with Crippen LogP contribution in [0.2, 0.25) is 10.0 Å². The molecule has 0 saturated heterocycles. The molecule has 5 nitrogen and oxygen atoms in total. The van der Waals surface area contributed by atoms with Gasteiger partial charge in [0.05, 0.1) is 10.4 Å². The fourth-order valence-electron chi connectivity index (χ4n) is 2.92. The second kappa shape index (κ2) is 8.12. The molecule has 1 atom stereocenters. The number of aliphatic carboxylic acids is 1. The molecule has 10 heteroatoms. The molecule has 0 saturated carbocycles. The van der Waals surface area contributed by atoms with Gasteiger partial charge in [-0.2, -0.15) is 13.2 Å². The van der Waals surface area contributed by atoms with Crippen molar-refractivity contribution in [3.8, 4) is 5.75 Å². The molecule has 3 rings (SSSR count). The molecule has 1 N–H and O–H groups in total. The van der Waals surface area contributed by atoms with E-state index in [1.54, 1.807) is 6.92 Å². The summed E-state index contributed by atoms with van der Waals surface area (Å²) in [7, 11) is 0. The van der Waals surface area contributed by atoms with Crippen LogP contribution in [0.4, 0.5) is 13.2 Å². The van der Waals surface area contributed by atoms with Crippen molar-refractivity contribution in [3.63, 3.8) is 0 Å². The maximum atomic E-state index is 13.2. The highest BCUT2D eigenvalue weighted by atomic mass is 35.5. The van der Waals surface area contributed by atoms with E-state index >= 15 is 0 Å². The maximum Gasteiger partial charge on any atom is 0.453 e. The van der Waals surface area contributed by atoms with E-state index in [-0.39, 0.29) is 39.2 Å². The quantitative estimate of drug-likeness (QED) is 0.479. The van der Waals surface area contributed by atoms with E-state index in [4.69, 9.17) is 27.9 Å². The van der Waals surface area contributed by atoms with Crippen molar-refractivity contribution in [2.45, 2.75) is 32.0 Å². The van der Waals surface area contributed by atoms with Crippen molar-refractivity contribution in [1.82, 2.24) is 5.16 Å². The molecule has 0 bridgehead atoms. The average molecular weight is 448 g/mol. The summed E-state index contributed by atoms with van der Waals surface area (Å²) in [6.07, 6.45) is -5.43. The largest absolute Gasteiger partial charge is 0.478 e. The number of hydrogen-bond donors (Lipinski definition) is 1. The molecule has 0 spiro atoms. The van der Waals surface area contributed by atoms with E-state index in [0.29, 0.717) is 11.4 Å². The summed E-state index contributed by atoms with van der Waals surface area (Å²) in [6, 6.07) is 6.98. The van der Waals surface area contributed by atoms with Crippen molar-refractivity contribution in [2.75, 3.05) is 0 Å². The van der Waals surface area contributed by atoms with Gasteiger partial charge in [-0.15, -0.1) is 0 Å². The summed E-state index contributed by atoms with van der Waals surface area (Å²) in [5.74, 6) is -2.63. The standard InChI is InChI=1S/C19H14Cl2F3NO4/c1-2-3-11-14-12(17(29-25-14)19(22,23)24)8-13(21)16(11)28-15(18(26)27)9-4-6-10(20)7-5-9/h4-8,15H,2-3H2,1H3,(H,26,27). The number of aryl methyl sites for hydroxylation is 1. The van der Waals surface area contributed by atoms with E-state index in [0.717, 1.165) is 6.07 Å². The van der Waals surface area contributed by atoms with Crippen LogP contribution in [0.15, 0.2) is 34.9 Å². The molecule has 1 heterocycles. The molecule has 154 valence electrons. The Labute approximate surface area is 172 Å². The first-order valence-electron chi connectivity index (χ1n) is 8.46. The maximum absolute atomic E-state index is 13.2. The zero-order valence-corrected chi connectivity index (χ0v) is 16.4. The molecule has 0 fully saturated rings. The molecule has 29 heavy (non-hydrogen) atoms. The Bertz CT molecular complexity index is 1050. The van der Waals surface area contributed by atoms with Crippen LogP contribution in [-0.2, 0) is 17.4 Å². The van der Waals surface area contributed by atoms with Crippen LogP contribution in [-0.4, -0.2) is 16.2 Å². The SMILES string of the molecule is CCCc1c(OC(C(=O)O)c2ccc(Cl)cc2)c(Cl)cc2c(C(F)(F)F)onc12. The highest BCUT2D eigenvalue weighted by molar-refractivity contribution is 6.33. The number of benzene rings is 2. The second-order valence-electron chi connectivity index (χ2n) is 6.21. The molecule has 3 aromatic rings. The van der Waals surface area contributed by atoms with Gasteiger partial charge in [0.1, 0.15) is 11.3 Å². The second-order valence-corrected chi connectivity index (χ2v) is 7.05. The summed E-state index contributed by atoms with van der Waals surface area (Å²) in [5, 5.41) is 13.1. The van der Waals surface area contributed by atoms with E-state index in [9.17, 15) is 23.1 Å². The highest BCUT2D eigenvalue weighted by Gasteiger charge is 2.39. The number of carboxylic acid groups (broad SMARTS) is 1. The van der Waals surface area contributed by atoms with Gasteiger partial charge in [0.2, 0.25) is 11.9 Å². The molecular weight excluding hydrogens is 434 g/mol. The minimum Gasteiger partial charge on any atom is -0.478 e. The molecule has 2 aromatic carbocycles. The van der Waals surface area contributed by atoms with Gasteiger partial charge >= 0.3 is 12.1 Å². The third-order valence-electron chi connectivity index (χ3n) is 4.17. The molecule has 1 aromatic heterocycles. The monoisotopic (exact) mass is 447 g/mol. The Morgan fingerprint density at radius 2 is 1.93 bits per heavy atom. The summed E-state index contributed by atoms with van der Waals surface area (Å²) in [6.45, 7) is 1.80. The van der Waals surface area contributed by atoms with Gasteiger partial charge in [-0.3, -0.25) is 0 Å². The lowest BCUT2D eigenvalue weighted by Gasteiger charge is -2.19. The predicted molar refractivity (Wildman–Crippen MR) is 100 cm³/mol.